The topological polar surface area (TPSA) is 62.6 Å². The standard InChI is InChI=1S/C28H22N2O3/c1-32-26-15-11-24(12-16-26)30(28(31)23-9-7-21(19-29)8-10-23)25-13-17-27(18-14-25)33-20-22-5-3-2-4-6-22/h2-18H,20H2,1H3. The van der Waals surface area contributed by atoms with E-state index in [2.05, 4.69) is 6.07 Å². The van der Waals surface area contributed by atoms with E-state index < -0.39 is 0 Å². The van der Waals surface area contributed by atoms with E-state index in [4.69, 9.17) is 14.7 Å². The highest BCUT2D eigenvalue weighted by Crippen LogP contribution is 2.31. The molecule has 162 valence electrons. The number of hydrogen-bond acceptors (Lipinski definition) is 4. The van der Waals surface area contributed by atoms with E-state index in [9.17, 15) is 4.79 Å². The van der Waals surface area contributed by atoms with Gasteiger partial charge in [0.1, 0.15) is 18.1 Å². The molecule has 33 heavy (non-hydrogen) atoms. The lowest BCUT2D eigenvalue weighted by atomic mass is 10.1. The van der Waals surface area contributed by atoms with Gasteiger partial charge in [0.05, 0.1) is 18.7 Å². The molecule has 4 rings (SSSR count). The molecule has 4 aromatic rings. The van der Waals surface area contributed by atoms with Crippen LogP contribution in [0.3, 0.4) is 0 Å². The molecule has 0 bridgehead atoms. The molecule has 0 aromatic heterocycles. The Hall–Kier alpha value is -4.56. The van der Waals surface area contributed by atoms with Gasteiger partial charge in [-0.15, -0.1) is 0 Å². The fraction of sp³-hybridized carbons (Fsp3) is 0.0714. The Balaban J connectivity index is 1.62. The van der Waals surface area contributed by atoms with Crippen LogP contribution in [0.1, 0.15) is 21.5 Å². The molecule has 0 N–H and O–H groups in total. The Morgan fingerprint density at radius 2 is 1.36 bits per heavy atom. The summed E-state index contributed by atoms with van der Waals surface area (Å²) >= 11 is 0. The SMILES string of the molecule is COc1ccc(N(C(=O)c2ccc(C#N)cc2)c2ccc(OCc3ccccc3)cc2)cc1. The summed E-state index contributed by atoms with van der Waals surface area (Å²) in [6.07, 6.45) is 0. The van der Waals surface area contributed by atoms with Crippen molar-refractivity contribution in [3.8, 4) is 17.6 Å². The quantitative estimate of drug-likeness (QED) is 0.351. The van der Waals surface area contributed by atoms with Gasteiger partial charge in [0, 0.05) is 16.9 Å². The number of benzene rings is 4. The fourth-order valence-electron chi connectivity index (χ4n) is 3.36. The molecule has 1 amide bonds. The highest BCUT2D eigenvalue weighted by molar-refractivity contribution is 6.11. The second kappa shape index (κ2) is 10.2. The van der Waals surface area contributed by atoms with Gasteiger partial charge in [-0.3, -0.25) is 9.69 Å². The van der Waals surface area contributed by atoms with Gasteiger partial charge in [-0.25, -0.2) is 0 Å². The normalized spacial score (nSPS) is 10.2. The average molecular weight is 434 g/mol. The molecule has 0 aliphatic rings. The van der Waals surface area contributed by atoms with E-state index in [1.165, 1.54) is 0 Å². The summed E-state index contributed by atoms with van der Waals surface area (Å²) < 4.78 is 11.1. The summed E-state index contributed by atoms with van der Waals surface area (Å²) in [5, 5.41) is 9.06. The first-order valence-electron chi connectivity index (χ1n) is 10.4. The maximum absolute atomic E-state index is 13.5. The number of anilines is 2. The van der Waals surface area contributed by atoms with E-state index in [1.807, 2.05) is 78.9 Å². The molecule has 4 aromatic carbocycles. The van der Waals surface area contributed by atoms with Gasteiger partial charge in [0.15, 0.2) is 0 Å². The van der Waals surface area contributed by atoms with Gasteiger partial charge in [-0.05, 0) is 78.4 Å². The Kier molecular flexibility index (Phi) is 6.67. The number of rotatable bonds is 7. The van der Waals surface area contributed by atoms with E-state index in [-0.39, 0.29) is 5.91 Å². The van der Waals surface area contributed by atoms with E-state index >= 15 is 0 Å². The number of hydrogen-bond donors (Lipinski definition) is 0. The van der Waals surface area contributed by atoms with Gasteiger partial charge < -0.3 is 9.47 Å². The second-order valence-electron chi connectivity index (χ2n) is 7.30. The minimum absolute atomic E-state index is 0.206. The monoisotopic (exact) mass is 434 g/mol. The van der Waals surface area contributed by atoms with Crippen LogP contribution in [0, 0.1) is 11.3 Å². The van der Waals surface area contributed by atoms with Crippen molar-refractivity contribution in [2.45, 2.75) is 6.61 Å². The minimum Gasteiger partial charge on any atom is -0.497 e. The lowest BCUT2D eigenvalue weighted by Gasteiger charge is -2.24. The number of carbonyl (C=O) groups is 1. The maximum Gasteiger partial charge on any atom is 0.262 e. The summed E-state index contributed by atoms with van der Waals surface area (Å²) in [4.78, 5) is 15.1. The number of methoxy groups -OCH3 is 1. The number of carbonyl (C=O) groups excluding carboxylic acids is 1. The molecule has 0 radical (unpaired) electrons. The molecule has 0 saturated carbocycles. The third kappa shape index (κ3) is 5.20. The minimum atomic E-state index is -0.206. The number of amides is 1. The Morgan fingerprint density at radius 3 is 1.91 bits per heavy atom. The zero-order chi connectivity index (χ0) is 23.0. The molecule has 0 unspecified atom stereocenters. The second-order valence-corrected chi connectivity index (χ2v) is 7.30. The van der Waals surface area contributed by atoms with Crippen molar-refractivity contribution in [2.24, 2.45) is 0 Å². The van der Waals surface area contributed by atoms with Crippen LogP contribution in [-0.2, 0) is 6.61 Å². The van der Waals surface area contributed by atoms with Crippen LogP contribution < -0.4 is 14.4 Å². The zero-order valence-corrected chi connectivity index (χ0v) is 18.1. The first kappa shape index (κ1) is 21.7. The number of ether oxygens (including phenoxy) is 2. The van der Waals surface area contributed by atoms with Gasteiger partial charge in [-0.1, -0.05) is 30.3 Å². The van der Waals surface area contributed by atoms with Crippen molar-refractivity contribution in [3.63, 3.8) is 0 Å². The van der Waals surface area contributed by atoms with Crippen molar-refractivity contribution in [1.29, 1.82) is 5.26 Å². The first-order chi connectivity index (χ1) is 16.2. The number of nitriles is 1. The summed E-state index contributed by atoms with van der Waals surface area (Å²) in [5.74, 6) is 1.21. The van der Waals surface area contributed by atoms with E-state index in [0.717, 1.165) is 5.56 Å². The third-order valence-electron chi connectivity index (χ3n) is 5.14. The van der Waals surface area contributed by atoms with Crippen molar-refractivity contribution < 1.29 is 14.3 Å². The molecular weight excluding hydrogens is 412 g/mol. The van der Waals surface area contributed by atoms with Crippen LogP contribution in [-0.4, -0.2) is 13.0 Å². The van der Waals surface area contributed by atoms with Crippen LogP contribution in [0.4, 0.5) is 11.4 Å². The van der Waals surface area contributed by atoms with Crippen LogP contribution in [0.5, 0.6) is 11.5 Å². The zero-order valence-electron chi connectivity index (χ0n) is 18.1. The smallest absolute Gasteiger partial charge is 0.262 e. The van der Waals surface area contributed by atoms with Gasteiger partial charge >= 0.3 is 0 Å². The summed E-state index contributed by atoms with van der Waals surface area (Å²) in [5.41, 5.74) is 3.46. The number of nitrogens with zero attached hydrogens (tertiary/aromatic N) is 2. The predicted octanol–water partition coefficient (Wildman–Crippen LogP) is 6.12. The predicted molar refractivity (Wildman–Crippen MR) is 128 cm³/mol. The van der Waals surface area contributed by atoms with Crippen LogP contribution in [0.2, 0.25) is 0 Å². The van der Waals surface area contributed by atoms with Crippen LogP contribution in [0.25, 0.3) is 0 Å². The molecule has 0 heterocycles. The summed E-state index contributed by atoms with van der Waals surface area (Å²) in [6.45, 7) is 0.465. The van der Waals surface area contributed by atoms with Crippen molar-refractivity contribution >= 4 is 17.3 Å². The maximum atomic E-state index is 13.5. The first-order valence-corrected chi connectivity index (χ1v) is 10.4. The Labute approximate surface area is 193 Å². The fourth-order valence-corrected chi connectivity index (χ4v) is 3.36. The summed E-state index contributed by atoms with van der Waals surface area (Å²) in [7, 11) is 1.60. The van der Waals surface area contributed by atoms with Gasteiger partial charge in [-0.2, -0.15) is 5.26 Å². The summed E-state index contributed by atoms with van der Waals surface area (Å²) in [6, 6.07) is 33.3. The largest absolute Gasteiger partial charge is 0.497 e. The lowest BCUT2D eigenvalue weighted by Crippen LogP contribution is -2.25. The van der Waals surface area contributed by atoms with Crippen molar-refractivity contribution in [1.82, 2.24) is 0 Å². The van der Waals surface area contributed by atoms with E-state index in [1.54, 1.807) is 36.3 Å². The molecule has 0 atom stereocenters. The Morgan fingerprint density at radius 1 is 0.788 bits per heavy atom. The van der Waals surface area contributed by atoms with E-state index in [0.29, 0.717) is 40.6 Å². The third-order valence-corrected chi connectivity index (χ3v) is 5.14. The lowest BCUT2D eigenvalue weighted by molar-refractivity contribution is 0.0999. The van der Waals surface area contributed by atoms with Crippen molar-refractivity contribution in [3.05, 3.63) is 120 Å². The molecule has 0 spiro atoms. The van der Waals surface area contributed by atoms with Crippen molar-refractivity contribution in [2.75, 3.05) is 12.0 Å². The van der Waals surface area contributed by atoms with Crippen LogP contribution >= 0.6 is 0 Å². The van der Waals surface area contributed by atoms with Gasteiger partial charge in [0.25, 0.3) is 5.91 Å². The highest BCUT2D eigenvalue weighted by atomic mass is 16.5. The Bertz CT molecular complexity index is 1240. The molecule has 5 heteroatoms. The molecule has 0 saturated heterocycles. The van der Waals surface area contributed by atoms with Gasteiger partial charge in [0.2, 0.25) is 0 Å². The molecule has 0 aliphatic heterocycles. The highest BCUT2D eigenvalue weighted by Gasteiger charge is 2.20. The molecule has 5 nitrogen and oxygen atoms in total. The molecular formula is C28H22N2O3. The molecule has 0 fully saturated rings. The van der Waals surface area contributed by atoms with Crippen LogP contribution in [0.15, 0.2) is 103 Å². The average Bonchev–Trinajstić information content (AvgIpc) is 2.89. The molecule has 0 aliphatic carbocycles.